The van der Waals surface area contributed by atoms with Gasteiger partial charge in [-0.05, 0) is 29.0 Å². The summed E-state index contributed by atoms with van der Waals surface area (Å²) in [5, 5.41) is 1.08. The summed E-state index contributed by atoms with van der Waals surface area (Å²) in [6, 6.07) is 4.29. The van der Waals surface area contributed by atoms with Crippen molar-refractivity contribution in [2.45, 2.75) is 26.2 Å². The molecule has 0 radical (unpaired) electrons. The van der Waals surface area contributed by atoms with Crippen LogP contribution in [0.15, 0.2) is 24.5 Å². The summed E-state index contributed by atoms with van der Waals surface area (Å²) >= 11 is 3.61. The zero-order chi connectivity index (χ0) is 10.4. The molecule has 14 heavy (non-hydrogen) atoms. The van der Waals surface area contributed by atoms with Gasteiger partial charge in [-0.2, -0.15) is 0 Å². The second-order valence-corrected chi connectivity index (χ2v) is 5.51. The van der Waals surface area contributed by atoms with Gasteiger partial charge in [-0.15, -0.1) is 0 Å². The summed E-state index contributed by atoms with van der Waals surface area (Å²) in [5.74, 6) is 0.734. The Bertz CT molecular complexity index is 333. The van der Waals surface area contributed by atoms with Gasteiger partial charge in [0.15, 0.2) is 0 Å². The fourth-order valence-corrected chi connectivity index (χ4v) is 4.18. The molecule has 2 atom stereocenters. The number of pyridine rings is 1. The molecule has 0 aliphatic heterocycles. The Morgan fingerprint density at radius 1 is 1.29 bits per heavy atom. The molecule has 1 aromatic heterocycles. The molecule has 1 aliphatic carbocycles. The molecule has 2 rings (SSSR count). The van der Waals surface area contributed by atoms with Crippen LogP contribution < -0.4 is 0 Å². The predicted molar refractivity (Wildman–Crippen MR) is 62.7 cm³/mol. The number of nitrogens with zero attached hydrogens (tertiary/aromatic N) is 1. The third kappa shape index (κ3) is 1.10. The van der Waals surface area contributed by atoms with E-state index in [0.717, 1.165) is 11.2 Å². The van der Waals surface area contributed by atoms with Crippen LogP contribution in [0.4, 0.5) is 0 Å². The molecule has 1 heterocycles. The molecule has 1 nitrogen and oxygen atoms in total. The second kappa shape index (κ2) is 3.06. The Kier molecular flexibility index (Phi) is 2.22. The van der Waals surface area contributed by atoms with Gasteiger partial charge in [0, 0.05) is 23.1 Å². The minimum Gasteiger partial charge on any atom is -0.265 e. The highest BCUT2D eigenvalue weighted by Crippen LogP contribution is 2.69. The Morgan fingerprint density at radius 2 is 1.86 bits per heavy atom. The molecule has 0 amide bonds. The first kappa shape index (κ1) is 10.2. The van der Waals surface area contributed by atoms with E-state index < -0.39 is 0 Å². The van der Waals surface area contributed by atoms with E-state index in [1.807, 2.05) is 12.4 Å². The summed E-state index contributed by atoms with van der Waals surface area (Å²) in [6.07, 6.45) is 3.78. The number of hydrogen-bond acceptors (Lipinski definition) is 1. The number of aromatic nitrogens is 1. The fourth-order valence-electron chi connectivity index (χ4n) is 2.72. The van der Waals surface area contributed by atoms with Gasteiger partial charge >= 0.3 is 0 Å². The van der Waals surface area contributed by atoms with E-state index >= 15 is 0 Å². The molecule has 76 valence electrons. The van der Waals surface area contributed by atoms with Crippen LogP contribution in [0.5, 0.6) is 0 Å². The standard InChI is InChI=1S/C12H16BrN/c1-11(2)10(8-13)12(11,3)9-4-6-14-7-5-9/h4-7,10H,8H2,1-3H3. The van der Waals surface area contributed by atoms with E-state index in [4.69, 9.17) is 0 Å². The predicted octanol–water partition coefficient (Wildman–Crippen LogP) is 3.39. The highest BCUT2D eigenvalue weighted by molar-refractivity contribution is 9.09. The zero-order valence-electron chi connectivity index (χ0n) is 8.92. The largest absolute Gasteiger partial charge is 0.265 e. The van der Waals surface area contributed by atoms with Gasteiger partial charge in [-0.25, -0.2) is 0 Å². The molecule has 2 unspecified atom stereocenters. The first-order valence-corrected chi connectivity index (χ1v) is 6.13. The molecule has 0 saturated heterocycles. The molecular formula is C12H16BrN. The molecular weight excluding hydrogens is 238 g/mol. The quantitative estimate of drug-likeness (QED) is 0.737. The van der Waals surface area contributed by atoms with Crippen molar-refractivity contribution in [1.29, 1.82) is 0 Å². The van der Waals surface area contributed by atoms with Gasteiger partial charge in [0.25, 0.3) is 0 Å². The van der Waals surface area contributed by atoms with Crippen molar-refractivity contribution < 1.29 is 0 Å². The summed E-state index contributed by atoms with van der Waals surface area (Å²) in [4.78, 5) is 4.07. The smallest absolute Gasteiger partial charge is 0.0270 e. The van der Waals surface area contributed by atoms with E-state index in [2.05, 4.69) is 53.8 Å². The van der Waals surface area contributed by atoms with Crippen LogP contribution in [0.1, 0.15) is 26.3 Å². The molecule has 0 N–H and O–H groups in total. The van der Waals surface area contributed by atoms with Crippen LogP contribution in [-0.2, 0) is 5.41 Å². The minimum atomic E-state index is 0.319. The van der Waals surface area contributed by atoms with E-state index in [1.54, 1.807) is 0 Å². The lowest BCUT2D eigenvalue weighted by atomic mass is 9.90. The zero-order valence-corrected chi connectivity index (χ0v) is 10.5. The van der Waals surface area contributed by atoms with Crippen molar-refractivity contribution >= 4 is 15.9 Å². The highest BCUT2D eigenvalue weighted by Gasteiger charge is 2.67. The van der Waals surface area contributed by atoms with Crippen LogP contribution in [0.2, 0.25) is 0 Å². The first-order valence-electron chi connectivity index (χ1n) is 5.01. The number of alkyl halides is 1. The molecule has 2 heteroatoms. The third-order valence-corrected chi connectivity index (χ3v) is 4.91. The van der Waals surface area contributed by atoms with Crippen molar-refractivity contribution in [1.82, 2.24) is 4.98 Å². The topological polar surface area (TPSA) is 12.9 Å². The molecule has 0 aromatic carbocycles. The lowest BCUT2D eigenvalue weighted by Crippen LogP contribution is -2.09. The van der Waals surface area contributed by atoms with Gasteiger partial charge in [0.05, 0.1) is 0 Å². The maximum Gasteiger partial charge on any atom is 0.0270 e. The second-order valence-electron chi connectivity index (χ2n) is 4.87. The summed E-state index contributed by atoms with van der Waals surface area (Å²) in [7, 11) is 0. The summed E-state index contributed by atoms with van der Waals surface area (Å²) in [6.45, 7) is 7.05. The number of rotatable bonds is 2. The Balaban J connectivity index is 2.37. The first-order chi connectivity index (χ1) is 6.55. The van der Waals surface area contributed by atoms with E-state index in [-0.39, 0.29) is 0 Å². The monoisotopic (exact) mass is 253 g/mol. The highest BCUT2D eigenvalue weighted by atomic mass is 79.9. The van der Waals surface area contributed by atoms with Crippen LogP contribution in [0, 0.1) is 11.3 Å². The molecule has 1 saturated carbocycles. The van der Waals surface area contributed by atoms with Gasteiger partial charge in [-0.1, -0.05) is 36.7 Å². The average molecular weight is 254 g/mol. The van der Waals surface area contributed by atoms with Crippen LogP contribution in [0.3, 0.4) is 0 Å². The molecule has 0 bridgehead atoms. The van der Waals surface area contributed by atoms with Crippen LogP contribution >= 0.6 is 15.9 Å². The minimum absolute atomic E-state index is 0.319. The SMILES string of the molecule is CC1(C)C(CBr)C1(C)c1ccncc1. The molecule has 1 aliphatic rings. The summed E-state index contributed by atoms with van der Waals surface area (Å²) in [5.41, 5.74) is 2.14. The molecule has 0 spiro atoms. The van der Waals surface area contributed by atoms with Crippen molar-refractivity contribution in [2.75, 3.05) is 5.33 Å². The Morgan fingerprint density at radius 3 is 2.29 bits per heavy atom. The Hall–Kier alpha value is -0.370. The number of hydrogen-bond donors (Lipinski definition) is 0. The Labute approximate surface area is 94.1 Å². The van der Waals surface area contributed by atoms with E-state index in [0.29, 0.717) is 10.8 Å². The van der Waals surface area contributed by atoms with Crippen LogP contribution in [0.25, 0.3) is 0 Å². The van der Waals surface area contributed by atoms with Gasteiger partial charge in [0.1, 0.15) is 0 Å². The fraction of sp³-hybridized carbons (Fsp3) is 0.583. The van der Waals surface area contributed by atoms with Crippen LogP contribution in [-0.4, -0.2) is 10.3 Å². The maximum atomic E-state index is 4.07. The maximum absolute atomic E-state index is 4.07. The van der Waals surface area contributed by atoms with Crippen molar-refractivity contribution in [3.8, 4) is 0 Å². The third-order valence-electron chi connectivity index (χ3n) is 4.26. The van der Waals surface area contributed by atoms with Crippen molar-refractivity contribution in [3.63, 3.8) is 0 Å². The van der Waals surface area contributed by atoms with Crippen molar-refractivity contribution in [3.05, 3.63) is 30.1 Å². The van der Waals surface area contributed by atoms with Gasteiger partial charge in [-0.3, -0.25) is 4.98 Å². The van der Waals surface area contributed by atoms with Gasteiger partial charge in [0.2, 0.25) is 0 Å². The van der Waals surface area contributed by atoms with E-state index in [1.165, 1.54) is 5.56 Å². The lowest BCUT2D eigenvalue weighted by molar-refractivity contribution is 0.522. The molecule has 1 fully saturated rings. The molecule has 1 aromatic rings. The van der Waals surface area contributed by atoms with Gasteiger partial charge < -0.3 is 0 Å². The van der Waals surface area contributed by atoms with Crippen molar-refractivity contribution in [2.24, 2.45) is 11.3 Å². The van der Waals surface area contributed by atoms with E-state index in [9.17, 15) is 0 Å². The summed E-state index contributed by atoms with van der Waals surface area (Å²) < 4.78 is 0. The number of halogens is 1. The lowest BCUT2D eigenvalue weighted by Gasteiger charge is -2.14. The normalized spacial score (nSPS) is 34.1. The average Bonchev–Trinajstić information content (AvgIpc) is 2.63.